The van der Waals surface area contributed by atoms with Gasteiger partial charge >= 0.3 is 0 Å². The van der Waals surface area contributed by atoms with Crippen molar-refractivity contribution in [1.82, 2.24) is 5.32 Å². The predicted octanol–water partition coefficient (Wildman–Crippen LogP) is 3.61. The van der Waals surface area contributed by atoms with E-state index in [0.29, 0.717) is 11.6 Å². The van der Waals surface area contributed by atoms with Gasteiger partial charge in [0.1, 0.15) is 17.7 Å². The normalized spacial score (nSPS) is 11.5. The Morgan fingerprint density at radius 3 is 2.48 bits per heavy atom. The second kappa shape index (κ2) is 6.33. The minimum absolute atomic E-state index is 0.413. The molecule has 21 heavy (non-hydrogen) atoms. The molecule has 0 aliphatic rings. The Bertz CT molecular complexity index is 714. The molecule has 2 aromatic rings. The third-order valence-electron chi connectivity index (χ3n) is 2.79. The van der Waals surface area contributed by atoms with Crippen molar-refractivity contribution in [2.75, 3.05) is 0 Å². The molecule has 0 fully saturated rings. The van der Waals surface area contributed by atoms with Crippen molar-refractivity contribution < 1.29 is 13.6 Å². The van der Waals surface area contributed by atoms with Crippen LogP contribution in [0, 0.1) is 23.0 Å². The molecule has 0 aliphatic heterocycles. The molecule has 0 aromatic heterocycles. The van der Waals surface area contributed by atoms with Crippen LogP contribution in [0.5, 0.6) is 0 Å². The van der Waals surface area contributed by atoms with Gasteiger partial charge in [0.05, 0.1) is 16.7 Å². The number of nitriles is 1. The number of hydrogen-bond donors (Lipinski definition) is 1. The zero-order valence-electron chi connectivity index (χ0n) is 10.6. The third kappa shape index (κ3) is 3.36. The molecule has 0 aliphatic carbocycles. The number of amides is 1. The van der Waals surface area contributed by atoms with Crippen molar-refractivity contribution in [1.29, 1.82) is 5.26 Å². The Balaban J connectivity index is 2.25. The SMILES string of the molecule is N#CC(NC(=O)c1cc(F)c(Cl)cc1F)c1ccccc1. The van der Waals surface area contributed by atoms with Crippen molar-refractivity contribution >= 4 is 17.5 Å². The van der Waals surface area contributed by atoms with E-state index in [4.69, 9.17) is 16.9 Å². The standard InChI is InChI=1S/C15H9ClF2N2O/c16-11-7-12(17)10(6-13(11)18)15(21)20-14(8-19)9-4-2-1-3-5-9/h1-7,14H,(H,20,21). The maximum atomic E-state index is 13.6. The van der Waals surface area contributed by atoms with Crippen LogP contribution in [0.3, 0.4) is 0 Å². The summed E-state index contributed by atoms with van der Waals surface area (Å²) in [6.07, 6.45) is 0. The molecule has 0 heterocycles. The Kier molecular flexibility index (Phi) is 4.51. The van der Waals surface area contributed by atoms with E-state index >= 15 is 0 Å². The molecule has 1 amide bonds. The van der Waals surface area contributed by atoms with Crippen LogP contribution in [0.2, 0.25) is 5.02 Å². The Labute approximate surface area is 124 Å². The van der Waals surface area contributed by atoms with E-state index in [9.17, 15) is 13.6 Å². The monoisotopic (exact) mass is 306 g/mol. The Morgan fingerprint density at radius 1 is 1.19 bits per heavy atom. The van der Waals surface area contributed by atoms with E-state index in [0.717, 1.165) is 6.07 Å². The number of carbonyl (C=O) groups is 1. The maximum absolute atomic E-state index is 13.6. The summed E-state index contributed by atoms with van der Waals surface area (Å²) in [5.74, 6) is -2.75. The second-order valence-corrected chi connectivity index (χ2v) is 4.60. The van der Waals surface area contributed by atoms with Gasteiger partial charge in [0.15, 0.2) is 0 Å². The van der Waals surface area contributed by atoms with Crippen LogP contribution in [0.4, 0.5) is 8.78 Å². The van der Waals surface area contributed by atoms with Crippen molar-refractivity contribution in [3.63, 3.8) is 0 Å². The van der Waals surface area contributed by atoms with Crippen LogP contribution in [-0.4, -0.2) is 5.91 Å². The molecule has 2 rings (SSSR count). The van der Waals surface area contributed by atoms with E-state index < -0.39 is 34.2 Å². The minimum atomic E-state index is -0.961. The minimum Gasteiger partial charge on any atom is -0.332 e. The quantitative estimate of drug-likeness (QED) is 0.881. The predicted molar refractivity (Wildman–Crippen MR) is 73.6 cm³/mol. The van der Waals surface area contributed by atoms with Crippen LogP contribution in [0.15, 0.2) is 42.5 Å². The number of nitrogens with one attached hydrogen (secondary N) is 1. The number of benzene rings is 2. The van der Waals surface area contributed by atoms with Gasteiger partial charge in [-0.25, -0.2) is 8.78 Å². The molecule has 1 unspecified atom stereocenters. The fraction of sp³-hybridized carbons (Fsp3) is 0.0667. The lowest BCUT2D eigenvalue weighted by Gasteiger charge is -2.12. The van der Waals surface area contributed by atoms with E-state index in [2.05, 4.69) is 5.32 Å². The van der Waals surface area contributed by atoms with E-state index in [1.54, 1.807) is 30.3 Å². The molecular formula is C15H9ClF2N2O. The van der Waals surface area contributed by atoms with Gasteiger partial charge in [-0.05, 0) is 17.7 Å². The maximum Gasteiger partial charge on any atom is 0.255 e. The molecule has 3 nitrogen and oxygen atoms in total. The highest BCUT2D eigenvalue weighted by Crippen LogP contribution is 2.20. The van der Waals surface area contributed by atoms with Gasteiger partial charge in [-0.1, -0.05) is 41.9 Å². The van der Waals surface area contributed by atoms with E-state index in [1.165, 1.54) is 0 Å². The summed E-state index contributed by atoms with van der Waals surface area (Å²) in [6.45, 7) is 0. The largest absolute Gasteiger partial charge is 0.332 e. The summed E-state index contributed by atoms with van der Waals surface area (Å²) in [5.41, 5.74) is 0.0382. The lowest BCUT2D eigenvalue weighted by molar-refractivity contribution is 0.0940. The highest BCUT2D eigenvalue weighted by Gasteiger charge is 2.19. The zero-order chi connectivity index (χ0) is 15.4. The van der Waals surface area contributed by atoms with Gasteiger partial charge in [-0.3, -0.25) is 4.79 Å². The highest BCUT2D eigenvalue weighted by atomic mass is 35.5. The summed E-state index contributed by atoms with van der Waals surface area (Å²) in [5, 5.41) is 11.0. The molecule has 1 atom stereocenters. The summed E-state index contributed by atoms with van der Waals surface area (Å²) in [7, 11) is 0. The molecular weight excluding hydrogens is 298 g/mol. The van der Waals surface area contributed by atoms with Crippen molar-refractivity contribution in [3.05, 3.63) is 70.2 Å². The van der Waals surface area contributed by atoms with Crippen LogP contribution >= 0.6 is 11.6 Å². The first kappa shape index (κ1) is 14.9. The van der Waals surface area contributed by atoms with Crippen LogP contribution in [-0.2, 0) is 0 Å². The zero-order valence-corrected chi connectivity index (χ0v) is 11.4. The first-order valence-corrected chi connectivity index (χ1v) is 6.30. The number of nitrogens with zero attached hydrogens (tertiary/aromatic N) is 1. The summed E-state index contributed by atoms with van der Waals surface area (Å²) in [4.78, 5) is 12.0. The van der Waals surface area contributed by atoms with Crippen LogP contribution < -0.4 is 5.32 Å². The summed E-state index contributed by atoms with van der Waals surface area (Å²) in [6, 6.07) is 10.8. The smallest absolute Gasteiger partial charge is 0.255 e. The van der Waals surface area contributed by atoms with Crippen LogP contribution in [0.25, 0.3) is 0 Å². The van der Waals surface area contributed by atoms with Crippen molar-refractivity contribution in [3.8, 4) is 6.07 Å². The molecule has 0 radical (unpaired) electrons. The second-order valence-electron chi connectivity index (χ2n) is 4.19. The Hall–Kier alpha value is -2.45. The fourth-order valence-electron chi connectivity index (χ4n) is 1.74. The number of hydrogen-bond acceptors (Lipinski definition) is 2. The molecule has 0 bridgehead atoms. The van der Waals surface area contributed by atoms with Gasteiger partial charge in [-0.2, -0.15) is 5.26 Å². The average Bonchev–Trinajstić information content (AvgIpc) is 2.49. The summed E-state index contributed by atoms with van der Waals surface area (Å²) >= 11 is 5.42. The van der Waals surface area contributed by atoms with Crippen molar-refractivity contribution in [2.24, 2.45) is 0 Å². The number of halogens is 3. The molecule has 6 heteroatoms. The lowest BCUT2D eigenvalue weighted by Crippen LogP contribution is -2.28. The van der Waals surface area contributed by atoms with Crippen LogP contribution in [0.1, 0.15) is 22.0 Å². The van der Waals surface area contributed by atoms with Crippen molar-refractivity contribution in [2.45, 2.75) is 6.04 Å². The molecule has 0 spiro atoms. The third-order valence-corrected chi connectivity index (χ3v) is 3.08. The van der Waals surface area contributed by atoms with E-state index in [1.807, 2.05) is 6.07 Å². The number of rotatable bonds is 3. The molecule has 2 aromatic carbocycles. The fourth-order valence-corrected chi connectivity index (χ4v) is 1.89. The summed E-state index contributed by atoms with van der Waals surface area (Å²) < 4.78 is 27.0. The van der Waals surface area contributed by atoms with Gasteiger partial charge in [-0.15, -0.1) is 0 Å². The molecule has 1 N–H and O–H groups in total. The van der Waals surface area contributed by atoms with E-state index in [-0.39, 0.29) is 0 Å². The molecule has 106 valence electrons. The first-order chi connectivity index (χ1) is 10.0. The molecule has 0 saturated heterocycles. The lowest BCUT2D eigenvalue weighted by atomic mass is 10.1. The van der Waals surface area contributed by atoms with Gasteiger partial charge in [0.2, 0.25) is 0 Å². The first-order valence-electron chi connectivity index (χ1n) is 5.93. The molecule has 0 saturated carbocycles. The Morgan fingerprint density at radius 2 is 1.86 bits per heavy atom. The van der Waals surface area contributed by atoms with Gasteiger partial charge in [0, 0.05) is 0 Å². The van der Waals surface area contributed by atoms with Gasteiger partial charge < -0.3 is 5.32 Å². The number of carbonyl (C=O) groups excluding carboxylic acids is 1. The topological polar surface area (TPSA) is 52.9 Å². The average molecular weight is 307 g/mol. The highest BCUT2D eigenvalue weighted by molar-refractivity contribution is 6.30. The van der Waals surface area contributed by atoms with Gasteiger partial charge in [0.25, 0.3) is 5.91 Å².